The van der Waals surface area contributed by atoms with Crippen LogP contribution in [0.2, 0.25) is 0 Å². The van der Waals surface area contributed by atoms with Crippen LogP contribution in [0.3, 0.4) is 0 Å². The number of carbonyl (C=O) groups excluding carboxylic acids is 1. The Morgan fingerprint density at radius 2 is 1.44 bits per heavy atom. The molecule has 2 N–H and O–H groups in total. The highest BCUT2D eigenvalue weighted by Crippen LogP contribution is 2.44. The van der Waals surface area contributed by atoms with Gasteiger partial charge in [-0.1, -0.05) is 78.9 Å². The second-order valence-corrected chi connectivity index (χ2v) is 7.48. The lowest BCUT2D eigenvalue weighted by molar-refractivity contribution is -0.187. The van der Waals surface area contributed by atoms with Crippen LogP contribution in [0.4, 0.5) is 4.79 Å². The van der Waals surface area contributed by atoms with Crippen molar-refractivity contribution in [3.8, 4) is 11.1 Å². The zero-order chi connectivity index (χ0) is 22.5. The van der Waals surface area contributed by atoms with Gasteiger partial charge in [0, 0.05) is 5.92 Å². The van der Waals surface area contributed by atoms with Gasteiger partial charge < -0.3 is 19.8 Å². The van der Waals surface area contributed by atoms with E-state index in [4.69, 9.17) is 9.57 Å². The van der Waals surface area contributed by atoms with Crippen LogP contribution in [-0.4, -0.2) is 46.7 Å². The SMILES string of the molecule is O=C(OCC1c2ccccc2-c2ccccc21)ON(Cc1ccccc1)[C@H](CO)C(=O)O. The van der Waals surface area contributed by atoms with E-state index in [2.05, 4.69) is 0 Å². The molecular weight excluding hydrogens is 410 g/mol. The molecule has 32 heavy (non-hydrogen) atoms. The van der Waals surface area contributed by atoms with Crippen molar-refractivity contribution in [3.63, 3.8) is 0 Å². The highest BCUT2D eigenvalue weighted by molar-refractivity contribution is 5.79. The van der Waals surface area contributed by atoms with Gasteiger partial charge in [0.25, 0.3) is 0 Å². The van der Waals surface area contributed by atoms with Gasteiger partial charge in [0.1, 0.15) is 6.61 Å². The van der Waals surface area contributed by atoms with E-state index in [1.165, 1.54) is 0 Å². The maximum absolute atomic E-state index is 12.5. The first kappa shape index (κ1) is 21.5. The van der Waals surface area contributed by atoms with Crippen molar-refractivity contribution in [1.29, 1.82) is 0 Å². The molecule has 0 heterocycles. The van der Waals surface area contributed by atoms with E-state index in [9.17, 15) is 19.8 Å². The van der Waals surface area contributed by atoms with Crippen molar-refractivity contribution in [2.24, 2.45) is 0 Å². The summed E-state index contributed by atoms with van der Waals surface area (Å²) in [5.74, 6) is -1.46. The Labute approximate surface area is 185 Å². The summed E-state index contributed by atoms with van der Waals surface area (Å²) in [6.45, 7) is -0.690. The van der Waals surface area contributed by atoms with Gasteiger partial charge in [0.05, 0.1) is 13.2 Å². The maximum atomic E-state index is 12.5. The molecule has 1 aliphatic rings. The monoisotopic (exact) mass is 433 g/mol. The van der Waals surface area contributed by atoms with E-state index < -0.39 is 24.8 Å². The fourth-order valence-corrected chi connectivity index (χ4v) is 3.97. The van der Waals surface area contributed by atoms with Gasteiger partial charge >= 0.3 is 12.1 Å². The summed E-state index contributed by atoms with van der Waals surface area (Å²) in [7, 11) is 0. The summed E-state index contributed by atoms with van der Waals surface area (Å²) in [6, 6.07) is 23.4. The average molecular weight is 433 g/mol. The van der Waals surface area contributed by atoms with Crippen molar-refractivity contribution in [2.45, 2.75) is 18.5 Å². The molecule has 0 aromatic heterocycles. The number of carboxylic acid groups (broad SMARTS) is 1. The van der Waals surface area contributed by atoms with E-state index in [0.29, 0.717) is 0 Å². The number of nitrogens with zero attached hydrogens (tertiary/aromatic N) is 1. The normalized spacial score (nSPS) is 13.3. The highest BCUT2D eigenvalue weighted by Gasteiger charge is 2.32. The fourth-order valence-electron chi connectivity index (χ4n) is 3.97. The van der Waals surface area contributed by atoms with E-state index in [-0.39, 0.29) is 19.1 Å². The minimum Gasteiger partial charge on any atom is -0.480 e. The molecule has 164 valence electrons. The minimum absolute atomic E-state index is 0.0113. The smallest absolute Gasteiger partial charge is 0.480 e. The van der Waals surface area contributed by atoms with E-state index in [0.717, 1.165) is 32.9 Å². The Balaban J connectivity index is 1.47. The molecule has 0 aliphatic heterocycles. The topological polar surface area (TPSA) is 96.3 Å². The van der Waals surface area contributed by atoms with Gasteiger partial charge in [-0.15, -0.1) is 5.06 Å². The van der Waals surface area contributed by atoms with Crippen molar-refractivity contribution >= 4 is 12.1 Å². The van der Waals surface area contributed by atoms with Gasteiger partial charge in [0.15, 0.2) is 6.04 Å². The number of rotatable bonds is 8. The third kappa shape index (κ3) is 4.49. The first-order valence-corrected chi connectivity index (χ1v) is 10.3. The zero-order valence-corrected chi connectivity index (χ0v) is 17.3. The third-order valence-electron chi connectivity index (χ3n) is 5.51. The molecule has 1 atom stereocenters. The summed E-state index contributed by atoms with van der Waals surface area (Å²) in [6.07, 6.45) is -1.03. The second-order valence-electron chi connectivity index (χ2n) is 7.48. The van der Waals surface area contributed by atoms with Crippen molar-refractivity contribution in [3.05, 3.63) is 95.6 Å². The number of ether oxygens (including phenoxy) is 1. The van der Waals surface area contributed by atoms with Gasteiger partial charge in [0.2, 0.25) is 0 Å². The molecule has 0 spiro atoms. The average Bonchev–Trinajstić information content (AvgIpc) is 3.12. The molecule has 1 aliphatic carbocycles. The zero-order valence-electron chi connectivity index (χ0n) is 17.3. The standard InChI is InChI=1S/C25H23NO6/c27-15-23(24(28)29)26(14-17-8-2-1-3-9-17)32-25(30)31-16-22-20-12-6-4-10-18(20)19-11-5-7-13-21(19)22/h1-13,22-23,27H,14-16H2,(H,28,29)/t23-/m1/s1. The first-order chi connectivity index (χ1) is 15.6. The maximum Gasteiger partial charge on any atom is 0.527 e. The fraction of sp³-hybridized carbons (Fsp3) is 0.200. The quantitative estimate of drug-likeness (QED) is 0.412. The van der Waals surface area contributed by atoms with E-state index in [1.807, 2.05) is 54.6 Å². The molecule has 3 aromatic carbocycles. The summed E-state index contributed by atoms with van der Waals surface area (Å²) in [5, 5.41) is 19.9. The lowest BCUT2D eigenvalue weighted by Crippen LogP contribution is -2.44. The minimum atomic E-state index is -1.42. The van der Waals surface area contributed by atoms with Gasteiger partial charge in [-0.25, -0.2) is 4.79 Å². The molecular formula is C25H23NO6. The summed E-state index contributed by atoms with van der Waals surface area (Å²) in [4.78, 5) is 29.3. The molecule has 0 fully saturated rings. The number of aliphatic hydroxyl groups is 1. The van der Waals surface area contributed by atoms with Gasteiger partial charge in [-0.05, 0) is 27.8 Å². The van der Waals surface area contributed by atoms with Crippen LogP contribution in [0.1, 0.15) is 22.6 Å². The largest absolute Gasteiger partial charge is 0.527 e. The Hall–Kier alpha value is -3.68. The Morgan fingerprint density at radius 3 is 2.00 bits per heavy atom. The van der Waals surface area contributed by atoms with Gasteiger partial charge in [-0.2, -0.15) is 0 Å². The Morgan fingerprint density at radius 1 is 0.875 bits per heavy atom. The van der Waals surface area contributed by atoms with Crippen LogP contribution in [0.5, 0.6) is 0 Å². The van der Waals surface area contributed by atoms with Gasteiger partial charge in [-0.3, -0.25) is 4.79 Å². The van der Waals surface area contributed by atoms with Crippen LogP contribution < -0.4 is 0 Å². The summed E-state index contributed by atoms with van der Waals surface area (Å²) < 4.78 is 5.40. The number of benzene rings is 3. The number of aliphatic carboxylic acids is 1. The third-order valence-corrected chi connectivity index (χ3v) is 5.51. The van der Waals surface area contributed by atoms with Crippen LogP contribution in [0, 0.1) is 0 Å². The number of carbonyl (C=O) groups is 2. The second kappa shape index (κ2) is 9.64. The number of hydrogen-bond acceptors (Lipinski definition) is 6. The molecule has 3 aromatic rings. The van der Waals surface area contributed by atoms with E-state index >= 15 is 0 Å². The number of hydrogen-bond donors (Lipinski definition) is 2. The predicted octanol–water partition coefficient (Wildman–Crippen LogP) is 3.81. The van der Waals surface area contributed by atoms with Crippen molar-refractivity contribution < 1.29 is 29.4 Å². The highest BCUT2D eigenvalue weighted by atomic mass is 16.8. The van der Waals surface area contributed by atoms with Crippen LogP contribution in [0.25, 0.3) is 11.1 Å². The molecule has 4 rings (SSSR count). The van der Waals surface area contributed by atoms with Crippen LogP contribution in [-0.2, 0) is 20.9 Å². The molecule has 0 radical (unpaired) electrons. The van der Waals surface area contributed by atoms with E-state index in [1.54, 1.807) is 24.3 Å². The Kier molecular flexibility index (Phi) is 6.49. The lowest BCUT2D eigenvalue weighted by Gasteiger charge is -2.25. The summed E-state index contributed by atoms with van der Waals surface area (Å²) in [5.41, 5.74) is 5.03. The molecule has 7 nitrogen and oxygen atoms in total. The number of hydroxylamine groups is 2. The molecule has 0 bridgehead atoms. The van der Waals surface area contributed by atoms with Crippen LogP contribution >= 0.6 is 0 Å². The number of aliphatic hydroxyl groups excluding tert-OH is 1. The summed E-state index contributed by atoms with van der Waals surface area (Å²) >= 11 is 0. The van der Waals surface area contributed by atoms with Crippen molar-refractivity contribution in [1.82, 2.24) is 5.06 Å². The first-order valence-electron chi connectivity index (χ1n) is 10.3. The predicted molar refractivity (Wildman–Crippen MR) is 117 cm³/mol. The van der Waals surface area contributed by atoms with Crippen molar-refractivity contribution in [2.75, 3.05) is 13.2 Å². The molecule has 0 saturated carbocycles. The molecule has 0 unspecified atom stereocenters. The number of carboxylic acids is 1. The van der Waals surface area contributed by atoms with Crippen LogP contribution in [0.15, 0.2) is 78.9 Å². The molecule has 0 amide bonds. The molecule has 7 heteroatoms. The Bertz CT molecular complexity index is 1050. The number of fused-ring (bicyclic) bond motifs is 3. The lowest BCUT2D eigenvalue weighted by atomic mass is 9.98. The molecule has 0 saturated heterocycles.